The normalized spacial score (nSPS) is 11.3. The van der Waals surface area contributed by atoms with Gasteiger partial charge in [0.2, 0.25) is 0 Å². The van der Waals surface area contributed by atoms with Crippen molar-refractivity contribution in [3.05, 3.63) is 52.1 Å². The van der Waals surface area contributed by atoms with Crippen molar-refractivity contribution in [1.29, 1.82) is 0 Å². The summed E-state index contributed by atoms with van der Waals surface area (Å²) >= 11 is 3.28. The number of benzene rings is 1. The highest BCUT2D eigenvalue weighted by molar-refractivity contribution is 9.10. The van der Waals surface area contributed by atoms with Crippen LogP contribution in [0, 0.1) is 13.8 Å². The molecular weight excluding hydrogens is 328 g/mol. The average Bonchev–Trinajstić information content (AvgIpc) is 2.35. The number of sulfonamides is 1. The number of hydrogen-bond donors (Lipinski definition) is 1. The molecule has 4 nitrogen and oxygen atoms in total. The van der Waals surface area contributed by atoms with Gasteiger partial charge >= 0.3 is 0 Å². The predicted molar refractivity (Wildman–Crippen MR) is 78.7 cm³/mol. The molecule has 100 valence electrons. The van der Waals surface area contributed by atoms with Crippen molar-refractivity contribution >= 4 is 31.8 Å². The van der Waals surface area contributed by atoms with E-state index in [-0.39, 0.29) is 4.90 Å². The number of anilines is 1. The van der Waals surface area contributed by atoms with Crippen LogP contribution in [-0.4, -0.2) is 13.4 Å². The third-order valence-corrected chi connectivity index (χ3v) is 4.58. The molecule has 1 aromatic carbocycles. The second-order valence-corrected chi connectivity index (χ2v) is 6.80. The first-order valence-corrected chi connectivity index (χ1v) is 7.88. The van der Waals surface area contributed by atoms with E-state index in [2.05, 4.69) is 25.6 Å². The van der Waals surface area contributed by atoms with Gasteiger partial charge in [0.25, 0.3) is 10.0 Å². The minimum Gasteiger partial charge on any atom is -0.263 e. The highest BCUT2D eigenvalue weighted by Crippen LogP contribution is 2.22. The molecule has 1 heterocycles. The summed E-state index contributed by atoms with van der Waals surface area (Å²) in [5, 5.41) is 0. The first-order valence-electron chi connectivity index (χ1n) is 5.60. The molecule has 0 amide bonds. The molecule has 1 aromatic heterocycles. The van der Waals surface area contributed by atoms with E-state index in [0.29, 0.717) is 11.4 Å². The van der Waals surface area contributed by atoms with Gasteiger partial charge in [0.15, 0.2) is 0 Å². The van der Waals surface area contributed by atoms with Crippen LogP contribution in [0.4, 0.5) is 5.82 Å². The van der Waals surface area contributed by atoms with Crippen molar-refractivity contribution in [2.45, 2.75) is 18.7 Å². The van der Waals surface area contributed by atoms with Crippen LogP contribution in [0.1, 0.15) is 11.1 Å². The van der Waals surface area contributed by atoms with Crippen LogP contribution >= 0.6 is 15.9 Å². The maximum atomic E-state index is 12.3. The lowest BCUT2D eigenvalue weighted by Crippen LogP contribution is -2.15. The summed E-state index contributed by atoms with van der Waals surface area (Å²) in [4.78, 5) is 4.28. The van der Waals surface area contributed by atoms with Crippen LogP contribution in [0.3, 0.4) is 0 Å². The maximum Gasteiger partial charge on any atom is 0.263 e. The third kappa shape index (κ3) is 3.33. The molecule has 0 saturated heterocycles. The van der Waals surface area contributed by atoms with Gasteiger partial charge in [-0.2, -0.15) is 0 Å². The molecule has 0 spiro atoms. The van der Waals surface area contributed by atoms with Crippen LogP contribution in [0.5, 0.6) is 0 Å². The van der Waals surface area contributed by atoms with E-state index in [1.807, 2.05) is 6.92 Å². The van der Waals surface area contributed by atoms with Crippen LogP contribution in [0.25, 0.3) is 0 Å². The van der Waals surface area contributed by atoms with Crippen molar-refractivity contribution in [1.82, 2.24) is 4.98 Å². The van der Waals surface area contributed by atoms with Crippen molar-refractivity contribution in [2.75, 3.05) is 4.72 Å². The molecule has 0 unspecified atom stereocenters. The summed E-state index contributed by atoms with van der Waals surface area (Å²) in [6, 6.07) is 8.57. The quantitative estimate of drug-likeness (QED) is 0.932. The molecule has 0 aliphatic carbocycles. The zero-order chi connectivity index (χ0) is 14.0. The van der Waals surface area contributed by atoms with E-state index in [1.165, 1.54) is 0 Å². The molecule has 2 aromatic rings. The summed E-state index contributed by atoms with van der Waals surface area (Å²) in [7, 11) is -3.62. The number of aryl methyl sites for hydroxylation is 2. The van der Waals surface area contributed by atoms with Crippen molar-refractivity contribution in [2.24, 2.45) is 0 Å². The Hall–Kier alpha value is -1.40. The molecule has 0 fully saturated rings. The number of aromatic nitrogens is 1. The largest absolute Gasteiger partial charge is 0.263 e. The Morgan fingerprint density at radius 2 is 1.89 bits per heavy atom. The number of rotatable bonds is 3. The van der Waals surface area contributed by atoms with Gasteiger partial charge in [0.05, 0.1) is 4.90 Å². The van der Waals surface area contributed by atoms with Crippen LogP contribution < -0.4 is 4.72 Å². The van der Waals surface area contributed by atoms with E-state index in [9.17, 15) is 8.42 Å². The van der Waals surface area contributed by atoms with Gasteiger partial charge < -0.3 is 0 Å². The topological polar surface area (TPSA) is 59.1 Å². The Bertz CT molecular complexity index is 697. The molecular formula is C13H13BrN2O2S. The fraction of sp³-hybridized carbons (Fsp3) is 0.154. The highest BCUT2D eigenvalue weighted by Gasteiger charge is 2.17. The predicted octanol–water partition coefficient (Wildman–Crippen LogP) is 3.26. The lowest BCUT2D eigenvalue weighted by molar-refractivity contribution is 0.600. The molecule has 0 aliphatic rings. The second-order valence-electron chi connectivity index (χ2n) is 4.24. The number of pyridine rings is 1. The molecule has 0 atom stereocenters. The summed E-state index contributed by atoms with van der Waals surface area (Å²) in [5.74, 6) is 0.310. The molecule has 6 heteroatoms. The van der Waals surface area contributed by atoms with Gasteiger partial charge in [0, 0.05) is 10.7 Å². The molecule has 0 saturated carbocycles. The zero-order valence-electron chi connectivity index (χ0n) is 10.5. The molecule has 0 aliphatic heterocycles. The van der Waals surface area contributed by atoms with Gasteiger partial charge in [-0.3, -0.25) is 4.72 Å². The second kappa shape index (κ2) is 5.30. The van der Waals surface area contributed by atoms with Crippen LogP contribution in [-0.2, 0) is 10.0 Å². The number of nitrogens with one attached hydrogen (secondary N) is 1. The highest BCUT2D eigenvalue weighted by atomic mass is 79.9. The van der Waals surface area contributed by atoms with E-state index in [4.69, 9.17) is 0 Å². The molecule has 1 N–H and O–H groups in total. The van der Waals surface area contributed by atoms with Gasteiger partial charge in [-0.05, 0) is 43.2 Å². The minimum absolute atomic E-state index is 0.240. The van der Waals surface area contributed by atoms with Gasteiger partial charge in [-0.1, -0.05) is 28.1 Å². The number of nitrogens with zero attached hydrogens (tertiary/aromatic N) is 1. The Balaban J connectivity index is 2.37. The summed E-state index contributed by atoms with van der Waals surface area (Å²) in [6.45, 7) is 3.65. The lowest BCUT2D eigenvalue weighted by atomic mass is 10.2. The third-order valence-electron chi connectivity index (χ3n) is 2.59. The fourth-order valence-corrected chi connectivity index (χ4v) is 3.38. The van der Waals surface area contributed by atoms with E-state index >= 15 is 0 Å². The van der Waals surface area contributed by atoms with Crippen molar-refractivity contribution in [3.63, 3.8) is 0 Å². The Kier molecular flexibility index (Phi) is 3.91. The fourth-order valence-electron chi connectivity index (χ4n) is 1.58. The van der Waals surface area contributed by atoms with Crippen LogP contribution in [0.15, 0.2) is 45.9 Å². The monoisotopic (exact) mass is 340 g/mol. The Labute approximate surface area is 121 Å². The standard InChI is InChI=1S/C13H13BrN2O2S/c1-9-3-6-13(15-8-9)16-19(17,18)12-7-11(14)5-4-10(12)2/h3-8H,1-2H3,(H,15,16). The maximum absolute atomic E-state index is 12.3. The first-order chi connectivity index (χ1) is 8.88. The summed E-state index contributed by atoms with van der Waals surface area (Å²) in [5.41, 5.74) is 1.66. The smallest absolute Gasteiger partial charge is 0.263 e. The van der Waals surface area contributed by atoms with Gasteiger partial charge in [0.1, 0.15) is 5.82 Å². The van der Waals surface area contributed by atoms with Gasteiger partial charge in [-0.15, -0.1) is 0 Å². The first kappa shape index (κ1) is 14.0. The van der Waals surface area contributed by atoms with E-state index in [1.54, 1.807) is 43.5 Å². The Morgan fingerprint density at radius 3 is 2.53 bits per heavy atom. The molecule has 19 heavy (non-hydrogen) atoms. The van der Waals surface area contributed by atoms with Crippen LogP contribution in [0.2, 0.25) is 0 Å². The van der Waals surface area contributed by atoms with E-state index in [0.717, 1.165) is 10.0 Å². The molecule has 0 radical (unpaired) electrons. The van der Waals surface area contributed by atoms with Crippen molar-refractivity contribution < 1.29 is 8.42 Å². The number of hydrogen-bond acceptors (Lipinski definition) is 3. The lowest BCUT2D eigenvalue weighted by Gasteiger charge is -2.10. The number of halogens is 1. The SMILES string of the molecule is Cc1ccc(NS(=O)(=O)c2cc(Br)ccc2C)nc1. The minimum atomic E-state index is -3.62. The van der Waals surface area contributed by atoms with Crippen molar-refractivity contribution in [3.8, 4) is 0 Å². The molecule has 0 bridgehead atoms. The average molecular weight is 341 g/mol. The molecule has 2 rings (SSSR count). The zero-order valence-corrected chi connectivity index (χ0v) is 12.9. The van der Waals surface area contributed by atoms with E-state index < -0.39 is 10.0 Å². The summed E-state index contributed by atoms with van der Waals surface area (Å²) in [6.07, 6.45) is 1.62. The summed E-state index contributed by atoms with van der Waals surface area (Å²) < 4.78 is 27.8. The Morgan fingerprint density at radius 1 is 1.16 bits per heavy atom. The van der Waals surface area contributed by atoms with Gasteiger partial charge in [-0.25, -0.2) is 13.4 Å².